The summed E-state index contributed by atoms with van der Waals surface area (Å²) in [6.07, 6.45) is -5.01. The molecule has 0 radical (unpaired) electrons. The van der Waals surface area contributed by atoms with Crippen molar-refractivity contribution in [3.05, 3.63) is 29.3 Å². The van der Waals surface area contributed by atoms with Crippen molar-refractivity contribution in [2.75, 3.05) is 12.4 Å². The third-order valence-corrected chi connectivity index (χ3v) is 2.27. The zero-order chi connectivity index (χ0) is 13.9. The number of anilines is 1. The number of carbonyl (C=O) groups is 1. The van der Waals surface area contributed by atoms with Crippen molar-refractivity contribution >= 4 is 17.4 Å². The quantitative estimate of drug-likeness (QED) is 0.728. The molecule has 0 fully saturated rings. The van der Waals surface area contributed by atoms with E-state index in [0.717, 1.165) is 18.2 Å². The van der Waals surface area contributed by atoms with E-state index < -0.39 is 24.1 Å². The lowest BCUT2D eigenvalue weighted by molar-refractivity contribution is -0.138. The Bertz CT molecular complexity index is 484. The predicted octanol–water partition coefficient (Wildman–Crippen LogP) is 2.59. The highest BCUT2D eigenvalue weighted by atomic mass is 19.4. The molecule has 0 spiro atoms. The van der Waals surface area contributed by atoms with Gasteiger partial charge in [-0.1, -0.05) is 6.07 Å². The van der Waals surface area contributed by atoms with Gasteiger partial charge in [0.05, 0.1) is 17.7 Å². The third-order valence-electron chi connectivity index (χ3n) is 2.27. The highest BCUT2D eigenvalue weighted by Crippen LogP contribution is 2.32. The smallest absolute Gasteiger partial charge is 0.416 e. The van der Waals surface area contributed by atoms with E-state index in [-0.39, 0.29) is 17.0 Å². The molecule has 0 bridgehead atoms. The highest BCUT2D eigenvalue weighted by molar-refractivity contribution is 6.10. The standard InChI is InChI=1S/C11H11F3N2O2/c1-16-9-4-6(11(12,13)14)2-3-7(9)8(15)5-10(17)18/h2-4,15-16H,5H2,1H3,(H,17,18). The van der Waals surface area contributed by atoms with Crippen molar-refractivity contribution in [3.8, 4) is 0 Å². The Morgan fingerprint density at radius 2 is 2.06 bits per heavy atom. The molecule has 0 saturated heterocycles. The number of alkyl halides is 3. The van der Waals surface area contributed by atoms with Gasteiger partial charge in [0, 0.05) is 18.3 Å². The lowest BCUT2D eigenvalue weighted by Crippen LogP contribution is -2.12. The van der Waals surface area contributed by atoms with E-state index in [1.54, 1.807) is 0 Å². The number of rotatable bonds is 4. The largest absolute Gasteiger partial charge is 0.481 e. The van der Waals surface area contributed by atoms with Crippen LogP contribution in [-0.4, -0.2) is 23.8 Å². The molecule has 0 saturated carbocycles. The topological polar surface area (TPSA) is 73.2 Å². The second-order valence-electron chi connectivity index (χ2n) is 3.56. The SMILES string of the molecule is CNc1cc(C(F)(F)F)ccc1C(=N)CC(=O)O. The van der Waals surface area contributed by atoms with Gasteiger partial charge in [0.2, 0.25) is 0 Å². The molecule has 4 nitrogen and oxygen atoms in total. The van der Waals surface area contributed by atoms with Crippen molar-refractivity contribution < 1.29 is 23.1 Å². The molecule has 0 amide bonds. The van der Waals surface area contributed by atoms with Gasteiger partial charge in [-0.15, -0.1) is 0 Å². The maximum absolute atomic E-state index is 12.5. The predicted molar refractivity (Wildman–Crippen MR) is 60.1 cm³/mol. The van der Waals surface area contributed by atoms with Gasteiger partial charge < -0.3 is 15.8 Å². The molecule has 0 unspecified atom stereocenters. The van der Waals surface area contributed by atoms with Crippen LogP contribution in [-0.2, 0) is 11.0 Å². The van der Waals surface area contributed by atoms with Gasteiger partial charge in [-0.25, -0.2) is 0 Å². The summed E-state index contributed by atoms with van der Waals surface area (Å²) in [5.41, 5.74) is -0.872. The number of hydrogen-bond acceptors (Lipinski definition) is 3. The minimum atomic E-state index is -4.47. The summed E-state index contributed by atoms with van der Waals surface area (Å²) in [5, 5.41) is 18.6. The minimum Gasteiger partial charge on any atom is -0.481 e. The maximum Gasteiger partial charge on any atom is 0.416 e. The number of halogens is 3. The van der Waals surface area contributed by atoms with E-state index in [4.69, 9.17) is 10.5 Å². The fraction of sp³-hybridized carbons (Fsp3) is 0.273. The second kappa shape index (κ2) is 5.07. The van der Waals surface area contributed by atoms with Crippen molar-refractivity contribution in [3.63, 3.8) is 0 Å². The second-order valence-corrected chi connectivity index (χ2v) is 3.56. The van der Waals surface area contributed by atoms with Crippen LogP contribution in [0.5, 0.6) is 0 Å². The zero-order valence-corrected chi connectivity index (χ0v) is 9.43. The summed E-state index contributed by atoms with van der Waals surface area (Å²) in [6, 6.07) is 2.78. The monoisotopic (exact) mass is 260 g/mol. The Morgan fingerprint density at radius 3 is 2.50 bits per heavy atom. The summed E-state index contributed by atoms with van der Waals surface area (Å²) in [4.78, 5) is 10.5. The first-order valence-corrected chi connectivity index (χ1v) is 4.94. The normalized spacial score (nSPS) is 11.1. The molecule has 0 aliphatic rings. The van der Waals surface area contributed by atoms with Crippen LogP contribution in [0, 0.1) is 5.41 Å². The number of nitrogens with one attached hydrogen (secondary N) is 2. The van der Waals surface area contributed by atoms with Gasteiger partial charge in [-0.3, -0.25) is 4.79 Å². The summed E-state index contributed by atoms with van der Waals surface area (Å²) < 4.78 is 37.4. The van der Waals surface area contributed by atoms with Gasteiger partial charge in [-0.2, -0.15) is 13.2 Å². The lowest BCUT2D eigenvalue weighted by atomic mass is 10.0. The highest BCUT2D eigenvalue weighted by Gasteiger charge is 2.31. The number of aliphatic carboxylic acids is 1. The van der Waals surface area contributed by atoms with Crippen LogP contribution in [0.2, 0.25) is 0 Å². The van der Waals surface area contributed by atoms with Crippen molar-refractivity contribution in [1.82, 2.24) is 0 Å². The van der Waals surface area contributed by atoms with E-state index in [9.17, 15) is 18.0 Å². The molecule has 0 aromatic heterocycles. The molecule has 98 valence electrons. The lowest BCUT2D eigenvalue weighted by Gasteiger charge is -2.13. The minimum absolute atomic E-state index is 0.0797. The van der Waals surface area contributed by atoms with Crippen molar-refractivity contribution in [2.24, 2.45) is 0 Å². The molecule has 0 atom stereocenters. The molecule has 1 rings (SSSR count). The Hall–Kier alpha value is -2.05. The molecular formula is C11H11F3N2O2. The summed E-state index contributed by atoms with van der Waals surface area (Å²) in [6.45, 7) is 0. The van der Waals surface area contributed by atoms with Crippen LogP contribution in [0.25, 0.3) is 0 Å². The first kappa shape index (κ1) is 14.0. The Balaban J connectivity index is 3.15. The van der Waals surface area contributed by atoms with Crippen LogP contribution in [0.3, 0.4) is 0 Å². The molecule has 1 aromatic rings. The summed E-state index contributed by atoms with van der Waals surface area (Å²) >= 11 is 0. The van der Waals surface area contributed by atoms with Crippen molar-refractivity contribution in [1.29, 1.82) is 5.41 Å². The number of hydrogen-bond donors (Lipinski definition) is 3. The summed E-state index contributed by atoms with van der Waals surface area (Å²) in [7, 11) is 1.41. The van der Waals surface area contributed by atoms with E-state index in [1.165, 1.54) is 7.05 Å². The van der Waals surface area contributed by atoms with E-state index in [1.807, 2.05) is 0 Å². The molecule has 0 aliphatic carbocycles. The first-order chi connectivity index (χ1) is 8.25. The molecule has 1 aromatic carbocycles. The summed E-state index contributed by atoms with van der Waals surface area (Å²) in [5.74, 6) is -1.21. The Kier molecular flexibility index (Phi) is 3.95. The maximum atomic E-state index is 12.5. The average Bonchev–Trinajstić information content (AvgIpc) is 2.26. The molecular weight excluding hydrogens is 249 g/mol. The first-order valence-electron chi connectivity index (χ1n) is 4.94. The van der Waals surface area contributed by atoms with Crippen LogP contribution in [0.15, 0.2) is 18.2 Å². The van der Waals surface area contributed by atoms with Crippen LogP contribution < -0.4 is 5.32 Å². The fourth-order valence-corrected chi connectivity index (χ4v) is 1.44. The molecule has 0 heterocycles. The van der Waals surface area contributed by atoms with Gasteiger partial charge in [0.15, 0.2) is 0 Å². The van der Waals surface area contributed by atoms with E-state index >= 15 is 0 Å². The zero-order valence-electron chi connectivity index (χ0n) is 9.43. The average molecular weight is 260 g/mol. The molecule has 7 heteroatoms. The number of carboxylic acids is 1. The Labute approximate surface area is 101 Å². The third kappa shape index (κ3) is 3.22. The molecule has 18 heavy (non-hydrogen) atoms. The van der Waals surface area contributed by atoms with E-state index in [0.29, 0.717) is 0 Å². The van der Waals surface area contributed by atoms with Gasteiger partial charge >= 0.3 is 12.1 Å². The van der Waals surface area contributed by atoms with E-state index in [2.05, 4.69) is 5.32 Å². The van der Waals surface area contributed by atoms with Crippen molar-refractivity contribution in [2.45, 2.75) is 12.6 Å². The number of benzene rings is 1. The van der Waals surface area contributed by atoms with Gasteiger partial charge in [-0.05, 0) is 12.1 Å². The van der Waals surface area contributed by atoms with Crippen LogP contribution >= 0.6 is 0 Å². The van der Waals surface area contributed by atoms with Crippen LogP contribution in [0.1, 0.15) is 17.5 Å². The fourth-order valence-electron chi connectivity index (χ4n) is 1.44. The number of carboxylic acid groups (broad SMARTS) is 1. The van der Waals surface area contributed by atoms with Gasteiger partial charge in [0.1, 0.15) is 0 Å². The molecule has 3 N–H and O–H groups in total. The van der Waals surface area contributed by atoms with Crippen LogP contribution in [0.4, 0.5) is 18.9 Å². The molecule has 0 aliphatic heterocycles. The Morgan fingerprint density at radius 1 is 1.44 bits per heavy atom. The van der Waals surface area contributed by atoms with Gasteiger partial charge in [0.25, 0.3) is 0 Å².